The van der Waals surface area contributed by atoms with Gasteiger partial charge in [-0.1, -0.05) is 29.8 Å². The molecule has 154 valence electrons. The lowest BCUT2D eigenvalue weighted by Crippen LogP contribution is -2.56. The van der Waals surface area contributed by atoms with Gasteiger partial charge in [-0.25, -0.2) is 0 Å². The molecule has 0 amide bonds. The molecule has 1 aliphatic rings. The third kappa shape index (κ3) is 3.61. The van der Waals surface area contributed by atoms with Crippen molar-refractivity contribution in [2.75, 3.05) is 6.61 Å². The van der Waals surface area contributed by atoms with E-state index in [9.17, 15) is 25.5 Å². The van der Waals surface area contributed by atoms with E-state index in [1.165, 1.54) is 0 Å². The number of phenols is 1. The number of fused-ring (bicyclic) bond motifs is 1. The molecular formula is C21H22ClNO6. The van der Waals surface area contributed by atoms with Gasteiger partial charge in [0.05, 0.1) is 17.1 Å². The molecule has 0 radical (unpaired) electrons. The van der Waals surface area contributed by atoms with Gasteiger partial charge in [0.2, 0.25) is 0 Å². The van der Waals surface area contributed by atoms with Crippen molar-refractivity contribution in [3.63, 3.8) is 0 Å². The maximum atomic E-state index is 10.5. The van der Waals surface area contributed by atoms with Crippen LogP contribution in [-0.2, 0) is 11.2 Å². The molecule has 2 heterocycles. The first-order chi connectivity index (χ1) is 13.9. The first-order valence-corrected chi connectivity index (χ1v) is 9.65. The van der Waals surface area contributed by atoms with Crippen molar-refractivity contribution < 1.29 is 30.3 Å². The van der Waals surface area contributed by atoms with Crippen LogP contribution in [-0.4, -0.2) is 61.1 Å². The molecule has 29 heavy (non-hydrogen) atoms. The van der Waals surface area contributed by atoms with E-state index in [4.69, 9.17) is 16.3 Å². The minimum atomic E-state index is -1.47. The molecule has 0 spiro atoms. The molecular weight excluding hydrogens is 398 g/mol. The summed E-state index contributed by atoms with van der Waals surface area (Å²) in [5.74, 6) is 0.176. The van der Waals surface area contributed by atoms with Gasteiger partial charge in [0.15, 0.2) is 6.23 Å². The number of rotatable bonds is 4. The van der Waals surface area contributed by atoms with E-state index in [0.717, 1.165) is 16.5 Å². The van der Waals surface area contributed by atoms with Gasteiger partial charge in [-0.05, 0) is 41.8 Å². The van der Waals surface area contributed by atoms with Crippen molar-refractivity contribution >= 4 is 22.5 Å². The van der Waals surface area contributed by atoms with E-state index in [1.807, 2.05) is 18.2 Å². The van der Waals surface area contributed by atoms with E-state index in [2.05, 4.69) is 0 Å². The number of hydrogen-bond acceptors (Lipinski definition) is 6. The highest BCUT2D eigenvalue weighted by Crippen LogP contribution is 2.36. The molecule has 5 N–H and O–H groups in total. The Morgan fingerprint density at radius 1 is 0.966 bits per heavy atom. The molecule has 0 saturated carbocycles. The van der Waals surface area contributed by atoms with Gasteiger partial charge < -0.3 is 34.8 Å². The Hall–Kier alpha value is -2.13. The van der Waals surface area contributed by atoms with Crippen LogP contribution in [0.25, 0.3) is 10.9 Å². The van der Waals surface area contributed by atoms with E-state index in [0.29, 0.717) is 17.0 Å². The molecule has 1 aliphatic heterocycles. The van der Waals surface area contributed by atoms with Gasteiger partial charge in [-0.2, -0.15) is 0 Å². The second-order valence-electron chi connectivity index (χ2n) is 7.26. The Labute approximate surface area is 172 Å². The van der Waals surface area contributed by atoms with Crippen LogP contribution in [0, 0.1) is 0 Å². The van der Waals surface area contributed by atoms with Crippen LogP contribution < -0.4 is 0 Å². The van der Waals surface area contributed by atoms with Crippen LogP contribution in [0.2, 0.25) is 5.02 Å². The molecule has 1 aromatic heterocycles. The van der Waals surface area contributed by atoms with Gasteiger partial charge in [0.25, 0.3) is 0 Å². The SMILES string of the molecule is OC[C@H]1O[C@@H](n2cc(Cc3ccc(O)cc3)c3c(Cl)cccc32)[C@H](O)[C@@H](O)[C@@H]1O. The highest BCUT2D eigenvalue weighted by atomic mass is 35.5. The summed E-state index contributed by atoms with van der Waals surface area (Å²) in [6, 6.07) is 12.2. The summed E-state index contributed by atoms with van der Waals surface area (Å²) in [5, 5.41) is 51.0. The molecule has 4 rings (SSSR count). The summed E-state index contributed by atoms with van der Waals surface area (Å²) in [7, 11) is 0. The predicted molar refractivity (Wildman–Crippen MR) is 107 cm³/mol. The third-order valence-corrected chi connectivity index (χ3v) is 5.67. The summed E-state index contributed by atoms with van der Waals surface area (Å²) in [4.78, 5) is 0. The average molecular weight is 420 g/mol. The number of phenolic OH excluding ortho intramolecular Hbond substituents is 1. The molecule has 7 nitrogen and oxygen atoms in total. The average Bonchev–Trinajstić information content (AvgIpc) is 3.08. The lowest BCUT2D eigenvalue weighted by Gasteiger charge is -2.40. The summed E-state index contributed by atoms with van der Waals surface area (Å²) in [5.41, 5.74) is 2.51. The predicted octanol–water partition coefficient (Wildman–Crippen LogP) is 1.56. The number of ether oxygens (including phenoxy) is 1. The van der Waals surface area contributed by atoms with Crippen LogP contribution in [0.15, 0.2) is 48.7 Å². The Bertz CT molecular complexity index is 1000. The molecule has 1 saturated heterocycles. The van der Waals surface area contributed by atoms with Gasteiger partial charge in [0.1, 0.15) is 30.2 Å². The Morgan fingerprint density at radius 3 is 2.38 bits per heavy atom. The monoisotopic (exact) mass is 419 g/mol. The number of aromatic nitrogens is 1. The maximum Gasteiger partial charge on any atom is 0.163 e. The first-order valence-electron chi connectivity index (χ1n) is 9.27. The number of hydrogen-bond donors (Lipinski definition) is 5. The van der Waals surface area contributed by atoms with E-state index in [1.54, 1.807) is 35.0 Å². The fourth-order valence-electron chi connectivity index (χ4n) is 3.84. The normalized spacial score (nSPS) is 27.4. The van der Waals surface area contributed by atoms with Gasteiger partial charge in [-0.15, -0.1) is 0 Å². The van der Waals surface area contributed by atoms with Crippen molar-refractivity contribution in [1.82, 2.24) is 4.57 Å². The Kier molecular flexibility index (Phi) is 5.52. The van der Waals surface area contributed by atoms with E-state index < -0.39 is 37.3 Å². The Balaban J connectivity index is 1.79. The zero-order valence-electron chi connectivity index (χ0n) is 15.4. The van der Waals surface area contributed by atoms with Crippen LogP contribution in [0.5, 0.6) is 5.75 Å². The van der Waals surface area contributed by atoms with Crippen LogP contribution in [0.3, 0.4) is 0 Å². The smallest absolute Gasteiger partial charge is 0.163 e. The molecule has 0 bridgehead atoms. The highest BCUT2D eigenvalue weighted by Gasteiger charge is 2.44. The molecule has 0 aliphatic carbocycles. The van der Waals surface area contributed by atoms with Crippen molar-refractivity contribution in [2.24, 2.45) is 0 Å². The largest absolute Gasteiger partial charge is 0.508 e. The molecule has 0 unspecified atom stereocenters. The van der Waals surface area contributed by atoms with Crippen LogP contribution in [0.4, 0.5) is 0 Å². The second-order valence-corrected chi connectivity index (χ2v) is 7.67. The third-order valence-electron chi connectivity index (χ3n) is 5.36. The first kappa shape index (κ1) is 20.2. The fraction of sp³-hybridized carbons (Fsp3) is 0.333. The van der Waals surface area contributed by atoms with Crippen LogP contribution in [0.1, 0.15) is 17.4 Å². The van der Waals surface area contributed by atoms with Gasteiger partial charge >= 0.3 is 0 Å². The summed E-state index contributed by atoms with van der Waals surface area (Å²) in [6.07, 6.45) is -4.00. The van der Waals surface area contributed by atoms with Crippen molar-refractivity contribution in [3.8, 4) is 5.75 Å². The van der Waals surface area contributed by atoms with E-state index >= 15 is 0 Å². The number of aromatic hydroxyl groups is 1. The van der Waals surface area contributed by atoms with Crippen molar-refractivity contribution in [1.29, 1.82) is 0 Å². The standard InChI is InChI=1S/C21H22ClNO6/c22-14-2-1-3-15-17(14)12(8-11-4-6-13(25)7-5-11)9-23(15)21-20(28)19(27)18(26)16(10-24)29-21/h1-7,9,16,18-21,24-28H,8,10H2/t16-,18-,19+,20-,21-/m1/s1. The number of nitrogens with zero attached hydrogens (tertiary/aromatic N) is 1. The van der Waals surface area contributed by atoms with Gasteiger partial charge in [-0.3, -0.25) is 0 Å². The lowest BCUT2D eigenvalue weighted by atomic mass is 9.98. The van der Waals surface area contributed by atoms with Crippen LogP contribution >= 0.6 is 11.6 Å². The van der Waals surface area contributed by atoms with Crippen molar-refractivity contribution in [2.45, 2.75) is 37.1 Å². The van der Waals surface area contributed by atoms with E-state index in [-0.39, 0.29) is 5.75 Å². The minimum absolute atomic E-state index is 0.176. The number of halogens is 1. The topological polar surface area (TPSA) is 115 Å². The number of benzene rings is 2. The highest BCUT2D eigenvalue weighted by molar-refractivity contribution is 6.35. The molecule has 8 heteroatoms. The van der Waals surface area contributed by atoms with Crippen molar-refractivity contribution in [3.05, 3.63) is 64.8 Å². The maximum absolute atomic E-state index is 10.5. The summed E-state index contributed by atoms with van der Waals surface area (Å²) >= 11 is 6.46. The Morgan fingerprint density at radius 2 is 1.69 bits per heavy atom. The minimum Gasteiger partial charge on any atom is -0.508 e. The lowest BCUT2D eigenvalue weighted by molar-refractivity contribution is -0.250. The van der Waals surface area contributed by atoms with Gasteiger partial charge in [0, 0.05) is 11.6 Å². The zero-order chi connectivity index (χ0) is 20.7. The number of aliphatic hydroxyl groups excluding tert-OH is 4. The molecule has 2 aromatic carbocycles. The number of aliphatic hydroxyl groups is 4. The fourth-order valence-corrected chi connectivity index (χ4v) is 4.13. The summed E-state index contributed by atoms with van der Waals surface area (Å²) in [6.45, 7) is -0.498. The summed E-state index contributed by atoms with van der Waals surface area (Å²) < 4.78 is 7.39. The molecule has 3 aromatic rings. The molecule has 1 fully saturated rings. The second kappa shape index (κ2) is 7.95. The quantitative estimate of drug-likeness (QED) is 0.438. The zero-order valence-corrected chi connectivity index (χ0v) is 16.1. The molecule has 5 atom stereocenters.